The van der Waals surface area contributed by atoms with Gasteiger partial charge in [0.05, 0.1) is 5.69 Å². The SMILES string of the molecule is CN1CCC(c2ccc(-c3cc(C(=O)O)nn3C)cc2Cl)C1. The highest BCUT2D eigenvalue weighted by Crippen LogP contribution is 2.34. The van der Waals surface area contributed by atoms with E-state index in [-0.39, 0.29) is 5.69 Å². The van der Waals surface area contributed by atoms with Gasteiger partial charge in [-0.25, -0.2) is 4.79 Å². The lowest BCUT2D eigenvalue weighted by Gasteiger charge is -2.14. The van der Waals surface area contributed by atoms with Gasteiger partial charge in [0.15, 0.2) is 5.69 Å². The second-order valence-electron chi connectivity index (χ2n) is 5.83. The molecule has 0 spiro atoms. The Hall–Kier alpha value is -1.85. The van der Waals surface area contributed by atoms with Crippen molar-refractivity contribution in [2.24, 2.45) is 7.05 Å². The Morgan fingerprint density at radius 3 is 2.68 bits per heavy atom. The quantitative estimate of drug-likeness (QED) is 0.945. The summed E-state index contributed by atoms with van der Waals surface area (Å²) in [6.45, 7) is 2.11. The monoisotopic (exact) mass is 319 g/mol. The molecule has 2 heterocycles. The number of benzene rings is 1. The van der Waals surface area contributed by atoms with Crippen LogP contribution in [0.15, 0.2) is 24.3 Å². The fraction of sp³-hybridized carbons (Fsp3) is 0.375. The van der Waals surface area contributed by atoms with Crippen LogP contribution in [0.1, 0.15) is 28.4 Å². The average Bonchev–Trinajstić information content (AvgIpc) is 3.05. The first-order chi connectivity index (χ1) is 10.5. The number of nitrogens with zero attached hydrogens (tertiary/aromatic N) is 3. The number of likely N-dealkylation sites (tertiary alicyclic amines) is 1. The Balaban J connectivity index is 1.93. The van der Waals surface area contributed by atoms with Gasteiger partial charge in [-0.2, -0.15) is 5.10 Å². The zero-order valence-electron chi connectivity index (χ0n) is 12.6. The van der Waals surface area contributed by atoms with E-state index in [0.29, 0.717) is 5.92 Å². The van der Waals surface area contributed by atoms with Crippen LogP contribution in [0.5, 0.6) is 0 Å². The maximum absolute atomic E-state index is 11.0. The van der Waals surface area contributed by atoms with Crippen molar-refractivity contribution in [2.75, 3.05) is 20.1 Å². The van der Waals surface area contributed by atoms with Gasteiger partial charge in [-0.1, -0.05) is 23.7 Å². The van der Waals surface area contributed by atoms with Gasteiger partial charge in [-0.05, 0) is 43.6 Å². The summed E-state index contributed by atoms with van der Waals surface area (Å²) in [6.07, 6.45) is 1.12. The Morgan fingerprint density at radius 1 is 1.36 bits per heavy atom. The maximum Gasteiger partial charge on any atom is 0.356 e. The van der Waals surface area contributed by atoms with Gasteiger partial charge >= 0.3 is 5.97 Å². The van der Waals surface area contributed by atoms with Crippen LogP contribution >= 0.6 is 11.6 Å². The molecule has 5 nitrogen and oxygen atoms in total. The topological polar surface area (TPSA) is 58.4 Å². The lowest BCUT2D eigenvalue weighted by atomic mass is 9.96. The third kappa shape index (κ3) is 2.74. The van der Waals surface area contributed by atoms with Gasteiger partial charge in [0, 0.05) is 24.2 Å². The number of aromatic carboxylic acids is 1. The van der Waals surface area contributed by atoms with Gasteiger partial charge in [0.2, 0.25) is 0 Å². The predicted octanol–water partition coefficient (Wildman–Crippen LogP) is 2.86. The van der Waals surface area contributed by atoms with Crippen LogP contribution in [-0.4, -0.2) is 45.9 Å². The van der Waals surface area contributed by atoms with Gasteiger partial charge in [-0.3, -0.25) is 4.68 Å². The smallest absolute Gasteiger partial charge is 0.356 e. The van der Waals surface area contributed by atoms with Crippen molar-refractivity contribution in [2.45, 2.75) is 12.3 Å². The number of aromatic nitrogens is 2. The summed E-state index contributed by atoms with van der Waals surface area (Å²) in [4.78, 5) is 13.3. The molecule has 0 radical (unpaired) electrons. The number of hydrogen-bond donors (Lipinski definition) is 1. The van der Waals surface area contributed by atoms with E-state index in [4.69, 9.17) is 16.7 Å². The van der Waals surface area contributed by atoms with Crippen LogP contribution in [-0.2, 0) is 7.05 Å². The number of carbonyl (C=O) groups is 1. The molecule has 3 rings (SSSR count). The van der Waals surface area contributed by atoms with Crippen LogP contribution in [0.25, 0.3) is 11.3 Å². The Labute approximate surface area is 134 Å². The van der Waals surface area contributed by atoms with Crippen molar-refractivity contribution >= 4 is 17.6 Å². The number of carboxylic acids is 1. The highest BCUT2D eigenvalue weighted by molar-refractivity contribution is 6.31. The molecule has 1 aromatic carbocycles. The third-order valence-electron chi connectivity index (χ3n) is 4.23. The minimum absolute atomic E-state index is 0.0371. The third-order valence-corrected chi connectivity index (χ3v) is 4.55. The minimum Gasteiger partial charge on any atom is -0.476 e. The van der Waals surface area contributed by atoms with Gasteiger partial charge in [0.1, 0.15) is 0 Å². The van der Waals surface area contributed by atoms with E-state index in [1.807, 2.05) is 12.1 Å². The number of carboxylic acid groups (broad SMARTS) is 1. The molecule has 6 heteroatoms. The summed E-state index contributed by atoms with van der Waals surface area (Å²) < 4.78 is 1.57. The van der Waals surface area contributed by atoms with Crippen molar-refractivity contribution in [3.63, 3.8) is 0 Å². The van der Waals surface area contributed by atoms with Gasteiger partial charge in [0.25, 0.3) is 0 Å². The molecule has 1 aromatic heterocycles. The van der Waals surface area contributed by atoms with E-state index in [1.54, 1.807) is 17.8 Å². The zero-order valence-corrected chi connectivity index (χ0v) is 13.3. The normalized spacial score (nSPS) is 18.8. The first-order valence-electron chi connectivity index (χ1n) is 7.21. The molecule has 0 aliphatic carbocycles. The maximum atomic E-state index is 11.0. The molecular formula is C16H18ClN3O2. The van der Waals surface area contributed by atoms with E-state index >= 15 is 0 Å². The van der Waals surface area contributed by atoms with E-state index in [2.05, 4.69) is 23.1 Å². The van der Waals surface area contributed by atoms with Crippen molar-refractivity contribution in [1.82, 2.24) is 14.7 Å². The highest BCUT2D eigenvalue weighted by atomic mass is 35.5. The van der Waals surface area contributed by atoms with Crippen LogP contribution in [0.2, 0.25) is 5.02 Å². The number of rotatable bonds is 3. The minimum atomic E-state index is -1.03. The van der Waals surface area contributed by atoms with Crippen LogP contribution in [0.4, 0.5) is 0 Å². The van der Waals surface area contributed by atoms with Crippen LogP contribution < -0.4 is 0 Å². The standard InChI is InChI=1S/C16H18ClN3O2/c1-19-6-5-11(9-19)12-4-3-10(7-13(12)17)15-8-14(16(21)22)18-20(15)2/h3-4,7-8,11H,5-6,9H2,1-2H3,(H,21,22). The molecular weight excluding hydrogens is 302 g/mol. The van der Waals surface area contributed by atoms with Crippen LogP contribution in [0, 0.1) is 0 Å². The first-order valence-corrected chi connectivity index (χ1v) is 7.59. The second-order valence-corrected chi connectivity index (χ2v) is 6.23. The first kappa shape index (κ1) is 15.1. The van der Waals surface area contributed by atoms with E-state index in [9.17, 15) is 4.79 Å². The number of halogens is 1. The molecule has 1 unspecified atom stereocenters. The summed E-state index contributed by atoms with van der Waals surface area (Å²) in [5.41, 5.74) is 2.82. The zero-order chi connectivity index (χ0) is 15.9. The Morgan fingerprint density at radius 2 is 2.14 bits per heavy atom. The molecule has 116 valence electrons. The Kier molecular flexibility index (Phi) is 3.93. The largest absolute Gasteiger partial charge is 0.476 e. The van der Waals surface area contributed by atoms with Gasteiger partial charge in [-0.15, -0.1) is 0 Å². The second kappa shape index (κ2) is 5.74. The summed E-state index contributed by atoms with van der Waals surface area (Å²) in [5, 5.41) is 13.8. The average molecular weight is 320 g/mol. The molecule has 2 aromatic rings. The summed E-state index contributed by atoms with van der Waals surface area (Å²) in [7, 11) is 3.85. The van der Waals surface area contributed by atoms with Crippen molar-refractivity contribution < 1.29 is 9.90 Å². The molecule has 1 atom stereocenters. The van der Waals surface area contributed by atoms with Crippen molar-refractivity contribution in [1.29, 1.82) is 0 Å². The van der Waals surface area contributed by atoms with E-state index in [1.165, 1.54) is 0 Å². The Bertz CT molecular complexity index is 726. The van der Waals surface area contributed by atoms with Gasteiger partial charge < -0.3 is 10.0 Å². The van der Waals surface area contributed by atoms with E-state index < -0.39 is 5.97 Å². The summed E-state index contributed by atoms with van der Waals surface area (Å²) in [6, 6.07) is 7.51. The fourth-order valence-corrected chi connectivity index (χ4v) is 3.38. The molecule has 0 bridgehead atoms. The summed E-state index contributed by atoms with van der Waals surface area (Å²) in [5.74, 6) is -0.564. The van der Waals surface area contributed by atoms with Crippen molar-refractivity contribution in [3.05, 3.63) is 40.5 Å². The number of likely N-dealkylation sites (N-methyl/N-ethyl adjacent to an activating group) is 1. The van der Waals surface area contributed by atoms with Crippen LogP contribution in [0.3, 0.4) is 0 Å². The molecule has 22 heavy (non-hydrogen) atoms. The molecule has 0 amide bonds. The molecule has 1 aliphatic rings. The number of aryl methyl sites for hydroxylation is 1. The fourth-order valence-electron chi connectivity index (χ4n) is 3.05. The molecule has 1 fully saturated rings. The predicted molar refractivity (Wildman–Crippen MR) is 85.5 cm³/mol. The molecule has 0 saturated carbocycles. The van der Waals surface area contributed by atoms with E-state index in [0.717, 1.165) is 41.4 Å². The van der Waals surface area contributed by atoms with Crippen molar-refractivity contribution in [3.8, 4) is 11.3 Å². The number of hydrogen-bond acceptors (Lipinski definition) is 3. The molecule has 1 aliphatic heterocycles. The molecule has 1 saturated heterocycles. The lowest BCUT2D eigenvalue weighted by molar-refractivity contribution is 0.0689. The lowest BCUT2D eigenvalue weighted by Crippen LogP contribution is -2.13. The molecule has 1 N–H and O–H groups in total. The summed E-state index contributed by atoms with van der Waals surface area (Å²) >= 11 is 6.46. The highest BCUT2D eigenvalue weighted by Gasteiger charge is 2.23.